The predicted octanol–water partition coefficient (Wildman–Crippen LogP) is 1.95. The van der Waals surface area contributed by atoms with Crippen LogP contribution < -0.4 is 5.32 Å². The molecule has 0 aliphatic carbocycles. The van der Waals surface area contributed by atoms with Crippen molar-refractivity contribution in [2.75, 3.05) is 0 Å². The van der Waals surface area contributed by atoms with Gasteiger partial charge in [0, 0.05) is 44.0 Å². The maximum Gasteiger partial charge on any atom is 0.254 e. The number of amides is 2. The third kappa shape index (κ3) is 4.09. The first-order valence-corrected chi connectivity index (χ1v) is 11.1. The zero-order valence-electron chi connectivity index (χ0n) is 16.7. The molecule has 7 nitrogen and oxygen atoms in total. The van der Waals surface area contributed by atoms with Gasteiger partial charge in [0.15, 0.2) is 0 Å². The number of aliphatic hydroxyl groups excluding tert-OH is 1. The number of aliphatic hydroxyl groups is 1. The number of nitrogens with zero attached hydrogens (tertiary/aromatic N) is 3. The van der Waals surface area contributed by atoms with E-state index >= 15 is 0 Å². The van der Waals surface area contributed by atoms with Gasteiger partial charge in [-0.2, -0.15) is 0 Å². The van der Waals surface area contributed by atoms with Crippen LogP contribution in [-0.2, 0) is 24.8 Å². The minimum absolute atomic E-state index is 0.113. The van der Waals surface area contributed by atoms with Gasteiger partial charge in [0.25, 0.3) is 5.91 Å². The maximum atomic E-state index is 12.9. The molecule has 1 saturated heterocycles. The molecule has 0 radical (unpaired) electrons. The first-order chi connectivity index (χ1) is 14.5. The van der Waals surface area contributed by atoms with Crippen molar-refractivity contribution < 1.29 is 14.7 Å². The Balaban J connectivity index is 1.42. The molecule has 2 aliphatic rings. The number of hydrogen-bond donors (Lipinski definition) is 2. The van der Waals surface area contributed by atoms with E-state index in [0.717, 1.165) is 39.9 Å². The Morgan fingerprint density at radius 2 is 2.20 bits per heavy atom. The quantitative estimate of drug-likeness (QED) is 0.368. The number of unbranched alkanes of at least 4 members (excludes halogenated alkanes) is 1. The third-order valence-electron chi connectivity index (χ3n) is 5.69. The fourth-order valence-corrected chi connectivity index (χ4v) is 4.40. The smallest absolute Gasteiger partial charge is 0.254 e. The average molecular weight is 518 g/mol. The highest BCUT2D eigenvalue weighted by molar-refractivity contribution is 14.1. The second-order valence-electron chi connectivity index (χ2n) is 7.59. The molecule has 156 valence electrons. The summed E-state index contributed by atoms with van der Waals surface area (Å²) in [6.45, 7) is 0.405. The first kappa shape index (κ1) is 20.9. The third-order valence-corrected chi connectivity index (χ3v) is 6.69. The average Bonchev–Trinajstić information content (AvgIpc) is 3.22. The zero-order chi connectivity index (χ0) is 21.3. The normalized spacial score (nSPS) is 20.6. The number of halogens is 1. The molecule has 2 amide bonds. The Kier molecular flexibility index (Phi) is 6.11. The van der Waals surface area contributed by atoms with E-state index in [0.29, 0.717) is 24.9 Å². The standard InChI is InChI=1S/C22H23IN4O3/c1-26-18(23)12-24-19(26)9-4-2-3-6-14-7-5-8-15-16(14)13-27(22(15)30)17-10-11-20(28)25-21(17)29/h5,7-8,12,17,21,29H,2,4,9-11,13H2,1H3,(H,25,28). The van der Waals surface area contributed by atoms with Crippen LogP contribution in [0.5, 0.6) is 0 Å². The molecule has 0 spiro atoms. The van der Waals surface area contributed by atoms with Crippen LogP contribution in [0.25, 0.3) is 0 Å². The Bertz CT molecular complexity index is 1050. The largest absolute Gasteiger partial charge is 0.372 e. The summed E-state index contributed by atoms with van der Waals surface area (Å²) in [6, 6.07) is 5.17. The Hall–Kier alpha value is -2.38. The van der Waals surface area contributed by atoms with E-state index < -0.39 is 12.3 Å². The SMILES string of the molecule is Cn1c(I)cnc1CCCC#Cc1cccc2c1CN(C1CCC(=O)NC1O)C2=O. The molecule has 3 heterocycles. The molecule has 2 N–H and O–H groups in total. The number of rotatable bonds is 4. The second kappa shape index (κ2) is 8.78. The van der Waals surface area contributed by atoms with Gasteiger partial charge in [0.05, 0.1) is 15.9 Å². The van der Waals surface area contributed by atoms with Gasteiger partial charge in [-0.15, -0.1) is 0 Å². The lowest BCUT2D eigenvalue weighted by molar-refractivity contribution is -0.129. The molecule has 1 aromatic carbocycles. The van der Waals surface area contributed by atoms with Gasteiger partial charge in [-0.05, 0) is 53.1 Å². The molecular weight excluding hydrogens is 495 g/mol. The van der Waals surface area contributed by atoms with Crippen molar-refractivity contribution in [3.05, 3.63) is 50.6 Å². The monoisotopic (exact) mass is 518 g/mol. The number of imidazole rings is 1. The highest BCUT2D eigenvalue weighted by Crippen LogP contribution is 2.30. The number of fused-ring (bicyclic) bond motifs is 1. The van der Waals surface area contributed by atoms with Crippen molar-refractivity contribution in [3.63, 3.8) is 0 Å². The molecule has 2 aromatic rings. The Labute approximate surface area is 189 Å². The summed E-state index contributed by atoms with van der Waals surface area (Å²) in [5, 5.41) is 12.7. The summed E-state index contributed by atoms with van der Waals surface area (Å²) in [6.07, 6.45) is 4.14. The van der Waals surface area contributed by atoms with E-state index in [4.69, 9.17) is 0 Å². The molecule has 30 heavy (non-hydrogen) atoms. The van der Waals surface area contributed by atoms with Gasteiger partial charge in [0.1, 0.15) is 12.1 Å². The zero-order valence-corrected chi connectivity index (χ0v) is 18.8. The van der Waals surface area contributed by atoms with Crippen LogP contribution >= 0.6 is 22.6 Å². The van der Waals surface area contributed by atoms with E-state index in [2.05, 4.69) is 49.3 Å². The Morgan fingerprint density at radius 3 is 2.93 bits per heavy atom. The van der Waals surface area contributed by atoms with E-state index in [1.807, 2.05) is 25.4 Å². The van der Waals surface area contributed by atoms with Gasteiger partial charge < -0.3 is 19.9 Å². The van der Waals surface area contributed by atoms with E-state index in [-0.39, 0.29) is 11.8 Å². The molecule has 1 fully saturated rings. The molecule has 2 atom stereocenters. The van der Waals surface area contributed by atoms with Crippen molar-refractivity contribution >= 4 is 34.4 Å². The fraction of sp³-hybridized carbons (Fsp3) is 0.409. The van der Waals surface area contributed by atoms with Crippen LogP contribution in [-0.4, -0.2) is 43.6 Å². The van der Waals surface area contributed by atoms with Crippen molar-refractivity contribution in [3.8, 4) is 11.8 Å². The summed E-state index contributed by atoms with van der Waals surface area (Å²) in [5.74, 6) is 7.21. The minimum atomic E-state index is -1.03. The van der Waals surface area contributed by atoms with Crippen molar-refractivity contribution in [2.24, 2.45) is 7.05 Å². The van der Waals surface area contributed by atoms with Crippen molar-refractivity contribution in [1.29, 1.82) is 0 Å². The topological polar surface area (TPSA) is 87.5 Å². The lowest BCUT2D eigenvalue weighted by Crippen LogP contribution is -2.55. The fourth-order valence-electron chi connectivity index (χ4n) is 3.98. The number of benzene rings is 1. The van der Waals surface area contributed by atoms with E-state index in [1.165, 1.54) is 0 Å². The lowest BCUT2D eigenvalue weighted by atomic mass is 10.0. The number of aromatic nitrogens is 2. The second-order valence-corrected chi connectivity index (χ2v) is 8.70. The number of piperidine rings is 1. The van der Waals surface area contributed by atoms with Crippen LogP contribution in [0.15, 0.2) is 24.4 Å². The number of carbonyl (C=O) groups excluding carboxylic acids is 2. The van der Waals surface area contributed by atoms with Crippen LogP contribution in [0.3, 0.4) is 0 Å². The molecule has 1 aromatic heterocycles. The summed E-state index contributed by atoms with van der Waals surface area (Å²) in [4.78, 5) is 30.4. The highest BCUT2D eigenvalue weighted by Gasteiger charge is 2.39. The van der Waals surface area contributed by atoms with Crippen LogP contribution in [0.1, 0.15) is 53.0 Å². The minimum Gasteiger partial charge on any atom is -0.372 e. The van der Waals surface area contributed by atoms with E-state index in [1.54, 1.807) is 11.0 Å². The molecule has 0 bridgehead atoms. The van der Waals surface area contributed by atoms with Gasteiger partial charge >= 0.3 is 0 Å². The first-order valence-electron chi connectivity index (χ1n) is 10.0. The van der Waals surface area contributed by atoms with Crippen LogP contribution in [0, 0.1) is 15.5 Å². The molecule has 8 heteroatoms. The lowest BCUT2D eigenvalue weighted by Gasteiger charge is -2.35. The van der Waals surface area contributed by atoms with Gasteiger partial charge in [-0.1, -0.05) is 17.9 Å². The van der Waals surface area contributed by atoms with Crippen LogP contribution in [0.4, 0.5) is 0 Å². The van der Waals surface area contributed by atoms with Crippen molar-refractivity contribution in [2.45, 2.75) is 50.9 Å². The number of nitrogens with one attached hydrogen (secondary N) is 1. The van der Waals surface area contributed by atoms with Crippen molar-refractivity contribution in [1.82, 2.24) is 19.8 Å². The summed E-state index contributed by atoms with van der Waals surface area (Å²) < 4.78 is 3.20. The molecular formula is C22H23IN4O3. The van der Waals surface area contributed by atoms with E-state index in [9.17, 15) is 14.7 Å². The number of aryl methyl sites for hydroxylation is 1. The Morgan fingerprint density at radius 1 is 1.37 bits per heavy atom. The summed E-state index contributed by atoms with van der Waals surface area (Å²) >= 11 is 2.26. The van der Waals surface area contributed by atoms with Gasteiger partial charge in [0.2, 0.25) is 5.91 Å². The molecule has 2 unspecified atom stereocenters. The number of carbonyl (C=O) groups is 2. The maximum absolute atomic E-state index is 12.9. The molecule has 2 aliphatic heterocycles. The molecule has 4 rings (SSSR count). The molecule has 0 saturated carbocycles. The summed E-state index contributed by atoms with van der Waals surface area (Å²) in [7, 11) is 2.01. The highest BCUT2D eigenvalue weighted by atomic mass is 127. The summed E-state index contributed by atoms with van der Waals surface area (Å²) in [5.41, 5.74) is 2.38. The van der Waals surface area contributed by atoms with Crippen LogP contribution in [0.2, 0.25) is 0 Å². The van der Waals surface area contributed by atoms with Gasteiger partial charge in [-0.3, -0.25) is 9.59 Å². The number of hydrogen-bond acceptors (Lipinski definition) is 4. The van der Waals surface area contributed by atoms with Gasteiger partial charge in [-0.25, -0.2) is 4.98 Å². The predicted molar refractivity (Wildman–Crippen MR) is 119 cm³/mol.